The molecule has 21 heavy (non-hydrogen) atoms. The second-order valence-electron chi connectivity index (χ2n) is 7.70. The van der Waals surface area contributed by atoms with Crippen LogP contribution in [0.3, 0.4) is 0 Å². The molecular formula is C17H28N4. The van der Waals surface area contributed by atoms with Crippen molar-refractivity contribution in [3.8, 4) is 0 Å². The molecule has 0 aromatic carbocycles. The van der Waals surface area contributed by atoms with Gasteiger partial charge in [0, 0.05) is 30.7 Å². The van der Waals surface area contributed by atoms with Crippen molar-refractivity contribution in [2.45, 2.75) is 51.5 Å². The van der Waals surface area contributed by atoms with E-state index in [4.69, 9.17) is 4.98 Å². The molecule has 4 heteroatoms. The number of nitrogens with zero attached hydrogens (tertiary/aromatic N) is 4. The molecule has 0 amide bonds. The average molecular weight is 288 g/mol. The molecule has 3 heterocycles. The van der Waals surface area contributed by atoms with Gasteiger partial charge in [-0.3, -0.25) is 0 Å². The highest BCUT2D eigenvalue weighted by atomic mass is 15.3. The number of fused-ring (bicyclic) bond motifs is 1. The Morgan fingerprint density at radius 3 is 2.76 bits per heavy atom. The first kappa shape index (κ1) is 14.8. The summed E-state index contributed by atoms with van der Waals surface area (Å²) in [5, 5.41) is 0. The minimum Gasteiger partial charge on any atom is -0.353 e. The summed E-state index contributed by atoms with van der Waals surface area (Å²) in [6.07, 6.45) is 5.84. The lowest BCUT2D eigenvalue weighted by atomic mass is 9.84. The second-order valence-corrected chi connectivity index (χ2v) is 7.70. The summed E-state index contributed by atoms with van der Waals surface area (Å²) in [7, 11) is 2.25. The Labute approximate surface area is 128 Å². The van der Waals surface area contributed by atoms with E-state index in [1.54, 1.807) is 0 Å². The van der Waals surface area contributed by atoms with E-state index in [2.05, 4.69) is 48.7 Å². The van der Waals surface area contributed by atoms with Crippen molar-refractivity contribution in [2.24, 2.45) is 5.92 Å². The smallest absolute Gasteiger partial charge is 0.135 e. The van der Waals surface area contributed by atoms with Crippen LogP contribution in [-0.4, -0.2) is 47.6 Å². The molecule has 2 fully saturated rings. The lowest BCUT2D eigenvalue weighted by Gasteiger charge is -2.47. The number of anilines is 1. The molecule has 3 rings (SSSR count). The minimum absolute atomic E-state index is 0.0119. The van der Waals surface area contributed by atoms with Crippen LogP contribution in [0, 0.1) is 5.92 Å². The molecule has 0 N–H and O–H groups in total. The van der Waals surface area contributed by atoms with Crippen molar-refractivity contribution in [3.05, 3.63) is 18.1 Å². The van der Waals surface area contributed by atoms with Crippen LogP contribution >= 0.6 is 0 Å². The Hall–Kier alpha value is -1.16. The third-order valence-corrected chi connectivity index (χ3v) is 4.88. The Bertz CT molecular complexity index is 494. The molecule has 1 aromatic heterocycles. The summed E-state index contributed by atoms with van der Waals surface area (Å²) in [6, 6.07) is 2.76. The predicted molar refractivity (Wildman–Crippen MR) is 86.7 cm³/mol. The van der Waals surface area contributed by atoms with Crippen LogP contribution in [0.5, 0.6) is 0 Å². The molecule has 2 atom stereocenters. The Morgan fingerprint density at radius 1 is 1.19 bits per heavy atom. The van der Waals surface area contributed by atoms with E-state index >= 15 is 0 Å². The van der Waals surface area contributed by atoms with Gasteiger partial charge in [0.25, 0.3) is 0 Å². The summed E-state index contributed by atoms with van der Waals surface area (Å²) in [5.74, 6) is 2.88. The maximum Gasteiger partial charge on any atom is 0.135 e. The summed E-state index contributed by atoms with van der Waals surface area (Å²) < 4.78 is 0. The van der Waals surface area contributed by atoms with Gasteiger partial charge in [-0.05, 0) is 44.8 Å². The first-order valence-corrected chi connectivity index (χ1v) is 8.24. The topological polar surface area (TPSA) is 32.3 Å². The van der Waals surface area contributed by atoms with Gasteiger partial charge in [-0.1, -0.05) is 20.8 Å². The average Bonchev–Trinajstić information content (AvgIpc) is 2.45. The molecule has 0 saturated carbocycles. The van der Waals surface area contributed by atoms with Gasteiger partial charge in [0.15, 0.2) is 0 Å². The number of likely N-dealkylation sites (tertiary alicyclic amines) is 1. The zero-order chi connectivity index (χ0) is 15.0. The van der Waals surface area contributed by atoms with Crippen molar-refractivity contribution in [1.29, 1.82) is 0 Å². The van der Waals surface area contributed by atoms with E-state index in [1.165, 1.54) is 32.4 Å². The fraction of sp³-hybridized carbons (Fsp3) is 0.765. The SMILES string of the molecule is CN1CC[C@H]2[C@@H](CCCN2c2ccnc(C(C)(C)C)n2)C1. The molecule has 0 unspecified atom stereocenters. The molecule has 116 valence electrons. The monoisotopic (exact) mass is 288 g/mol. The van der Waals surface area contributed by atoms with Crippen molar-refractivity contribution in [3.63, 3.8) is 0 Å². The molecule has 2 aliphatic heterocycles. The quantitative estimate of drug-likeness (QED) is 0.795. The second kappa shape index (κ2) is 5.56. The third kappa shape index (κ3) is 3.05. The van der Waals surface area contributed by atoms with Crippen molar-refractivity contribution in [2.75, 3.05) is 31.6 Å². The lowest BCUT2D eigenvalue weighted by Crippen LogP contribution is -2.53. The normalized spacial score (nSPS) is 27.5. The van der Waals surface area contributed by atoms with Gasteiger partial charge in [-0.25, -0.2) is 9.97 Å². The van der Waals surface area contributed by atoms with Crippen LogP contribution < -0.4 is 4.90 Å². The van der Waals surface area contributed by atoms with Gasteiger partial charge < -0.3 is 9.80 Å². The fourth-order valence-electron chi connectivity index (χ4n) is 3.74. The van der Waals surface area contributed by atoms with E-state index in [9.17, 15) is 0 Å². The van der Waals surface area contributed by atoms with Crippen LogP contribution in [0.1, 0.15) is 45.9 Å². The molecule has 4 nitrogen and oxygen atoms in total. The Balaban J connectivity index is 1.85. The van der Waals surface area contributed by atoms with Gasteiger partial charge in [0.05, 0.1) is 0 Å². The Kier molecular flexibility index (Phi) is 3.91. The van der Waals surface area contributed by atoms with E-state index < -0.39 is 0 Å². The van der Waals surface area contributed by atoms with Crippen LogP contribution in [0.15, 0.2) is 12.3 Å². The van der Waals surface area contributed by atoms with E-state index in [1.807, 2.05) is 6.20 Å². The molecule has 1 aromatic rings. The Morgan fingerprint density at radius 2 is 2.00 bits per heavy atom. The zero-order valence-corrected chi connectivity index (χ0v) is 13.8. The number of rotatable bonds is 1. The molecule has 0 aliphatic carbocycles. The molecule has 2 saturated heterocycles. The van der Waals surface area contributed by atoms with E-state index in [-0.39, 0.29) is 5.41 Å². The number of aromatic nitrogens is 2. The fourth-order valence-corrected chi connectivity index (χ4v) is 3.74. The first-order valence-electron chi connectivity index (χ1n) is 8.24. The van der Waals surface area contributed by atoms with Crippen molar-refractivity contribution < 1.29 is 0 Å². The number of hydrogen-bond donors (Lipinski definition) is 0. The first-order chi connectivity index (χ1) is 9.95. The van der Waals surface area contributed by atoms with Crippen LogP contribution in [0.4, 0.5) is 5.82 Å². The van der Waals surface area contributed by atoms with E-state index in [0.29, 0.717) is 6.04 Å². The lowest BCUT2D eigenvalue weighted by molar-refractivity contribution is 0.154. The maximum absolute atomic E-state index is 4.88. The third-order valence-electron chi connectivity index (χ3n) is 4.88. The van der Waals surface area contributed by atoms with Crippen LogP contribution in [0.2, 0.25) is 0 Å². The molecular weight excluding hydrogens is 260 g/mol. The predicted octanol–water partition coefficient (Wildman–Crippen LogP) is 2.69. The minimum atomic E-state index is 0.0119. The summed E-state index contributed by atoms with van der Waals surface area (Å²) in [6.45, 7) is 10.1. The highest BCUT2D eigenvalue weighted by Crippen LogP contribution is 2.33. The number of hydrogen-bond acceptors (Lipinski definition) is 4. The van der Waals surface area contributed by atoms with Crippen molar-refractivity contribution in [1.82, 2.24) is 14.9 Å². The van der Waals surface area contributed by atoms with Crippen molar-refractivity contribution >= 4 is 5.82 Å². The van der Waals surface area contributed by atoms with Gasteiger partial charge in [0.1, 0.15) is 11.6 Å². The van der Waals surface area contributed by atoms with Crippen LogP contribution in [-0.2, 0) is 5.41 Å². The molecule has 0 bridgehead atoms. The zero-order valence-electron chi connectivity index (χ0n) is 13.8. The number of piperidine rings is 2. The highest BCUT2D eigenvalue weighted by molar-refractivity contribution is 5.40. The van der Waals surface area contributed by atoms with Gasteiger partial charge >= 0.3 is 0 Å². The molecule has 2 aliphatic rings. The standard InChI is InChI=1S/C17H28N4/c1-17(2,3)16-18-9-7-15(19-16)21-10-5-6-13-12-20(4)11-8-14(13)21/h7,9,13-14H,5-6,8,10-12H2,1-4H3/t13-,14-/m0/s1. The highest BCUT2D eigenvalue weighted by Gasteiger charge is 2.35. The van der Waals surface area contributed by atoms with E-state index in [0.717, 1.165) is 24.1 Å². The summed E-state index contributed by atoms with van der Waals surface area (Å²) >= 11 is 0. The molecule has 0 spiro atoms. The summed E-state index contributed by atoms with van der Waals surface area (Å²) in [5.41, 5.74) is 0.0119. The molecule has 0 radical (unpaired) electrons. The maximum atomic E-state index is 4.88. The van der Waals surface area contributed by atoms with Gasteiger partial charge in [0.2, 0.25) is 0 Å². The largest absolute Gasteiger partial charge is 0.353 e. The van der Waals surface area contributed by atoms with Crippen LogP contribution in [0.25, 0.3) is 0 Å². The summed E-state index contributed by atoms with van der Waals surface area (Å²) in [4.78, 5) is 14.4. The van der Waals surface area contributed by atoms with Gasteiger partial charge in [-0.2, -0.15) is 0 Å². The van der Waals surface area contributed by atoms with Gasteiger partial charge in [-0.15, -0.1) is 0 Å².